The number of amides is 1. The van der Waals surface area contributed by atoms with Gasteiger partial charge in [0, 0.05) is 44.8 Å². The van der Waals surface area contributed by atoms with Gasteiger partial charge in [-0.1, -0.05) is 0 Å². The third-order valence-corrected chi connectivity index (χ3v) is 3.11. The van der Waals surface area contributed by atoms with Crippen molar-refractivity contribution in [1.29, 1.82) is 0 Å². The second-order valence-electron chi connectivity index (χ2n) is 4.39. The molecule has 1 amide bonds. The van der Waals surface area contributed by atoms with Crippen LogP contribution in [0, 0.1) is 0 Å². The fourth-order valence-corrected chi connectivity index (χ4v) is 1.96. The van der Waals surface area contributed by atoms with Crippen molar-refractivity contribution in [2.75, 3.05) is 32.6 Å². The Labute approximate surface area is 107 Å². The molecule has 0 bridgehead atoms. The van der Waals surface area contributed by atoms with Gasteiger partial charge in [0.05, 0.1) is 12.2 Å². The van der Waals surface area contributed by atoms with Crippen LogP contribution in [0.15, 0.2) is 18.5 Å². The predicted molar refractivity (Wildman–Crippen MR) is 69.7 cm³/mol. The Bertz CT molecular complexity index is 418. The van der Waals surface area contributed by atoms with Crippen molar-refractivity contribution >= 4 is 11.6 Å². The minimum absolute atomic E-state index is 0.0343. The number of aromatic nitrogens is 1. The summed E-state index contributed by atoms with van der Waals surface area (Å²) in [4.78, 5) is 18.4. The van der Waals surface area contributed by atoms with E-state index < -0.39 is 0 Å². The molecule has 0 aliphatic heterocycles. The Balaban J connectivity index is 2.16. The molecule has 98 valence electrons. The van der Waals surface area contributed by atoms with Gasteiger partial charge in [-0.3, -0.25) is 9.78 Å². The van der Waals surface area contributed by atoms with Gasteiger partial charge in [0.25, 0.3) is 5.91 Å². The number of pyridine rings is 1. The fraction of sp³-hybridized carbons (Fsp3) is 0.538. The van der Waals surface area contributed by atoms with Gasteiger partial charge in [-0.05, 0) is 18.9 Å². The van der Waals surface area contributed by atoms with E-state index in [1.54, 1.807) is 19.5 Å². The maximum Gasteiger partial charge on any atom is 0.257 e. The van der Waals surface area contributed by atoms with E-state index in [2.05, 4.69) is 10.3 Å². The Morgan fingerprint density at radius 3 is 3.00 bits per heavy atom. The van der Waals surface area contributed by atoms with Crippen molar-refractivity contribution in [3.8, 4) is 0 Å². The van der Waals surface area contributed by atoms with E-state index in [1.165, 1.54) is 0 Å². The van der Waals surface area contributed by atoms with Crippen LogP contribution >= 0.6 is 0 Å². The van der Waals surface area contributed by atoms with E-state index in [1.807, 2.05) is 18.0 Å². The molecule has 5 nitrogen and oxygen atoms in total. The summed E-state index contributed by atoms with van der Waals surface area (Å²) in [6, 6.07) is 2.19. The number of anilines is 1. The second kappa shape index (κ2) is 5.82. The predicted octanol–water partition coefficient (Wildman–Crippen LogP) is 1.37. The van der Waals surface area contributed by atoms with Crippen LogP contribution in [0.1, 0.15) is 23.2 Å². The van der Waals surface area contributed by atoms with Crippen molar-refractivity contribution in [2.24, 2.45) is 0 Å². The topological polar surface area (TPSA) is 54.5 Å². The first kappa shape index (κ1) is 12.8. The summed E-state index contributed by atoms with van der Waals surface area (Å²) in [5.41, 5.74) is 1.45. The third-order valence-electron chi connectivity index (χ3n) is 3.11. The molecule has 1 fully saturated rings. The van der Waals surface area contributed by atoms with Gasteiger partial charge < -0.3 is 15.0 Å². The minimum Gasteiger partial charge on any atom is -0.387 e. The first-order chi connectivity index (χ1) is 8.77. The first-order valence-corrected chi connectivity index (χ1v) is 6.19. The molecule has 5 heteroatoms. The van der Waals surface area contributed by atoms with E-state index in [9.17, 15) is 4.79 Å². The van der Waals surface area contributed by atoms with Crippen molar-refractivity contribution in [2.45, 2.75) is 18.9 Å². The lowest BCUT2D eigenvalue weighted by molar-refractivity contribution is 0.0680. The Hall–Kier alpha value is -1.62. The summed E-state index contributed by atoms with van der Waals surface area (Å²) in [5, 5.41) is 3.03. The maximum absolute atomic E-state index is 12.5. The summed E-state index contributed by atoms with van der Waals surface area (Å²) < 4.78 is 5.07. The molecule has 0 radical (unpaired) electrons. The molecule has 0 saturated heterocycles. The van der Waals surface area contributed by atoms with E-state index in [-0.39, 0.29) is 5.91 Å². The average molecular weight is 249 g/mol. The zero-order valence-corrected chi connectivity index (χ0v) is 10.8. The van der Waals surface area contributed by atoms with E-state index >= 15 is 0 Å². The third kappa shape index (κ3) is 2.79. The number of hydrogen-bond donors (Lipinski definition) is 1. The van der Waals surface area contributed by atoms with Crippen molar-refractivity contribution < 1.29 is 9.53 Å². The largest absolute Gasteiger partial charge is 0.387 e. The van der Waals surface area contributed by atoms with E-state index in [0.717, 1.165) is 18.5 Å². The van der Waals surface area contributed by atoms with Crippen molar-refractivity contribution in [1.82, 2.24) is 9.88 Å². The van der Waals surface area contributed by atoms with Crippen molar-refractivity contribution in [3.05, 3.63) is 24.0 Å². The summed E-state index contributed by atoms with van der Waals surface area (Å²) in [7, 11) is 3.46. The van der Waals surface area contributed by atoms with Gasteiger partial charge in [0.15, 0.2) is 0 Å². The number of rotatable bonds is 6. The van der Waals surface area contributed by atoms with Crippen LogP contribution in [0.5, 0.6) is 0 Å². The number of carbonyl (C=O) groups is 1. The summed E-state index contributed by atoms with van der Waals surface area (Å²) in [6.45, 7) is 1.20. The summed E-state index contributed by atoms with van der Waals surface area (Å²) in [5.74, 6) is 0.0343. The lowest BCUT2D eigenvalue weighted by Crippen LogP contribution is -2.36. The van der Waals surface area contributed by atoms with E-state index in [0.29, 0.717) is 24.8 Å². The molecular formula is C13H19N3O2. The molecule has 1 aliphatic rings. The van der Waals surface area contributed by atoms with Crippen LogP contribution in [-0.4, -0.2) is 49.1 Å². The zero-order valence-electron chi connectivity index (χ0n) is 10.8. The van der Waals surface area contributed by atoms with Crippen LogP contribution in [0.4, 0.5) is 5.69 Å². The van der Waals surface area contributed by atoms with Crippen LogP contribution in [-0.2, 0) is 4.74 Å². The normalized spacial score (nSPS) is 14.3. The molecule has 18 heavy (non-hydrogen) atoms. The monoisotopic (exact) mass is 249 g/mol. The number of nitrogens with one attached hydrogen (secondary N) is 1. The lowest BCUT2D eigenvalue weighted by atomic mass is 10.2. The Morgan fingerprint density at radius 2 is 2.39 bits per heavy atom. The zero-order chi connectivity index (χ0) is 13.0. The average Bonchev–Trinajstić information content (AvgIpc) is 3.23. The lowest BCUT2D eigenvalue weighted by Gasteiger charge is -2.23. The number of nitrogens with zero attached hydrogens (tertiary/aromatic N) is 2. The smallest absolute Gasteiger partial charge is 0.257 e. The van der Waals surface area contributed by atoms with Gasteiger partial charge in [0.2, 0.25) is 0 Å². The summed E-state index contributed by atoms with van der Waals surface area (Å²) >= 11 is 0. The molecule has 1 aromatic heterocycles. The van der Waals surface area contributed by atoms with Crippen LogP contribution in [0.25, 0.3) is 0 Å². The first-order valence-electron chi connectivity index (χ1n) is 6.19. The van der Waals surface area contributed by atoms with Gasteiger partial charge in [-0.2, -0.15) is 0 Å². The standard InChI is InChI=1S/C13H19N3O2/c1-14-12-5-6-15-9-11(12)13(17)16(7-8-18-2)10-3-4-10/h5-6,9-10H,3-4,7-8H2,1-2H3,(H,14,15). The molecule has 1 aliphatic carbocycles. The number of ether oxygens (including phenoxy) is 1. The molecular weight excluding hydrogens is 230 g/mol. The molecule has 1 aromatic rings. The van der Waals surface area contributed by atoms with Crippen LogP contribution in [0.2, 0.25) is 0 Å². The Kier molecular flexibility index (Phi) is 4.15. The molecule has 2 rings (SSSR count). The Morgan fingerprint density at radius 1 is 1.61 bits per heavy atom. The summed E-state index contributed by atoms with van der Waals surface area (Å²) in [6.07, 6.45) is 5.48. The molecule has 0 unspecified atom stereocenters. The van der Waals surface area contributed by atoms with Gasteiger partial charge in [0.1, 0.15) is 0 Å². The molecule has 1 heterocycles. The highest BCUT2D eigenvalue weighted by Crippen LogP contribution is 2.29. The second-order valence-corrected chi connectivity index (χ2v) is 4.39. The van der Waals surface area contributed by atoms with Crippen LogP contribution in [0.3, 0.4) is 0 Å². The molecule has 0 aromatic carbocycles. The van der Waals surface area contributed by atoms with Gasteiger partial charge >= 0.3 is 0 Å². The number of methoxy groups -OCH3 is 1. The van der Waals surface area contributed by atoms with Crippen LogP contribution < -0.4 is 5.32 Å². The van der Waals surface area contributed by atoms with E-state index in [4.69, 9.17) is 4.74 Å². The van der Waals surface area contributed by atoms with Crippen molar-refractivity contribution in [3.63, 3.8) is 0 Å². The maximum atomic E-state index is 12.5. The SMILES string of the molecule is CNc1ccncc1C(=O)N(CCOC)C1CC1. The molecule has 1 N–H and O–H groups in total. The molecule has 0 atom stereocenters. The highest BCUT2D eigenvalue weighted by atomic mass is 16.5. The number of hydrogen-bond acceptors (Lipinski definition) is 4. The molecule has 0 spiro atoms. The highest BCUT2D eigenvalue weighted by Gasteiger charge is 2.33. The minimum atomic E-state index is 0.0343. The fourth-order valence-electron chi connectivity index (χ4n) is 1.96. The van der Waals surface area contributed by atoms with Gasteiger partial charge in [-0.25, -0.2) is 0 Å². The quantitative estimate of drug-likeness (QED) is 0.827. The molecule has 1 saturated carbocycles. The van der Waals surface area contributed by atoms with Gasteiger partial charge in [-0.15, -0.1) is 0 Å². The highest BCUT2D eigenvalue weighted by molar-refractivity contribution is 5.99. The number of carbonyl (C=O) groups excluding carboxylic acids is 1.